The maximum absolute atomic E-state index is 10.4. The SMILES string of the molecule is Cl.N[C@@H](CSCc1ccccn1)C(=O)O. The van der Waals surface area contributed by atoms with Crippen LogP contribution in [-0.2, 0) is 10.5 Å². The third kappa shape index (κ3) is 5.61. The molecule has 0 amide bonds. The fourth-order valence-corrected chi connectivity index (χ4v) is 1.74. The minimum Gasteiger partial charge on any atom is -0.480 e. The van der Waals surface area contributed by atoms with Crippen molar-refractivity contribution >= 4 is 30.1 Å². The number of carboxylic acid groups (broad SMARTS) is 1. The Morgan fingerprint density at radius 3 is 2.87 bits per heavy atom. The largest absolute Gasteiger partial charge is 0.480 e. The van der Waals surface area contributed by atoms with Crippen molar-refractivity contribution < 1.29 is 9.90 Å². The molecule has 1 rings (SSSR count). The van der Waals surface area contributed by atoms with E-state index < -0.39 is 12.0 Å². The molecule has 4 nitrogen and oxygen atoms in total. The highest BCUT2D eigenvalue weighted by Gasteiger charge is 2.10. The van der Waals surface area contributed by atoms with E-state index in [-0.39, 0.29) is 12.4 Å². The molecule has 6 heteroatoms. The lowest BCUT2D eigenvalue weighted by atomic mass is 10.4. The van der Waals surface area contributed by atoms with Crippen LogP contribution in [0.2, 0.25) is 0 Å². The first-order chi connectivity index (χ1) is 6.70. The molecule has 1 heterocycles. The third-order valence-electron chi connectivity index (χ3n) is 1.59. The highest BCUT2D eigenvalue weighted by Crippen LogP contribution is 2.09. The monoisotopic (exact) mass is 248 g/mol. The summed E-state index contributed by atoms with van der Waals surface area (Å²) in [4.78, 5) is 14.5. The molecule has 0 saturated carbocycles. The van der Waals surface area contributed by atoms with Crippen LogP contribution in [0.15, 0.2) is 24.4 Å². The summed E-state index contributed by atoms with van der Waals surface area (Å²) in [5.41, 5.74) is 6.28. The number of aliphatic carboxylic acids is 1. The average Bonchev–Trinajstić information content (AvgIpc) is 2.19. The summed E-state index contributed by atoms with van der Waals surface area (Å²) >= 11 is 1.47. The highest BCUT2D eigenvalue weighted by molar-refractivity contribution is 7.98. The van der Waals surface area contributed by atoms with E-state index in [1.54, 1.807) is 6.20 Å². The summed E-state index contributed by atoms with van der Waals surface area (Å²) in [6.07, 6.45) is 1.72. The van der Waals surface area contributed by atoms with Gasteiger partial charge in [-0.05, 0) is 12.1 Å². The number of thioether (sulfide) groups is 1. The smallest absolute Gasteiger partial charge is 0.321 e. The molecule has 0 aliphatic rings. The molecule has 0 aliphatic heterocycles. The van der Waals surface area contributed by atoms with Crippen LogP contribution >= 0.6 is 24.2 Å². The normalized spacial score (nSPS) is 11.5. The van der Waals surface area contributed by atoms with Crippen molar-refractivity contribution in [2.45, 2.75) is 11.8 Å². The molecule has 3 N–H and O–H groups in total. The molecule has 0 saturated heterocycles. The van der Waals surface area contributed by atoms with Gasteiger partial charge in [0.2, 0.25) is 0 Å². The van der Waals surface area contributed by atoms with Crippen molar-refractivity contribution in [3.63, 3.8) is 0 Å². The van der Waals surface area contributed by atoms with Crippen LogP contribution in [0, 0.1) is 0 Å². The number of halogens is 1. The topological polar surface area (TPSA) is 76.2 Å². The molecule has 0 spiro atoms. The first kappa shape index (κ1) is 14.2. The number of carboxylic acids is 1. The standard InChI is InChI=1S/C9H12N2O2S.ClH/c10-8(9(12)13)6-14-5-7-3-1-2-4-11-7;/h1-4,8H,5-6,10H2,(H,12,13);1H/t8-;/m0./s1. The number of hydrogen-bond acceptors (Lipinski definition) is 4. The molecule has 0 fully saturated rings. The van der Waals surface area contributed by atoms with Gasteiger partial charge in [-0.1, -0.05) is 6.07 Å². The molecule has 1 aromatic heterocycles. The van der Waals surface area contributed by atoms with E-state index >= 15 is 0 Å². The van der Waals surface area contributed by atoms with E-state index in [1.807, 2.05) is 18.2 Å². The third-order valence-corrected chi connectivity index (χ3v) is 2.69. The van der Waals surface area contributed by atoms with Crippen LogP contribution in [0.25, 0.3) is 0 Å². The van der Waals surface area contributed by atoms with E-state index in [4.69, 9.17) is 10.8 Å². The van der Waals surface area contributed by atoms with Gasteiger partial charge in [-0.2, -0.15) is 11.8 Å². The Hall–Kier alpha value is -0.780. The van der Waals surface area contributed by atoms with Gasteiger partial charge in [0.1, 0.15) is 6.04 Å². The van der Waals surface area contributed by atoms with Gasteiger partial charge in [-0.25, -0.2) is 0 Å². The zero-order valence-corrected chi connectivity index (χ0v) is 9.63. The first-order valence-corrected chi connectivity index (χ1v) is 5.31. The Bertz CT molecular complexity index is 297. The van der Waals surface area contributed by atoms with Crippen LogP contribution in [-0.4, -0.2) is 27.9 Å². The van der Waals surface area contributed by atoms with Gasteiger partial charge in [-0.15, -0.1) is 12.4 Å². The molecule has 0 aliphatic carbocycles. The van der Waals surface area contributed by atoms with Crippen molar-refractivity contribution in [3.05, 3.63) is 30.1 Å². The minimum absolute atomic E-state index is 0. The van der Waals surface area contributed by atoms with Gasteiger partial charge in [-0.3, -0.25) is 9.78 Å². The molecule has 0 aromatic carbocycles. The average molecular weight is 249 g/mol. The van der Waals surface area contributed by atoms with Crippen molar-refractivity contribution in [1.82, 2.24) is 4.98 Å². The lowest BCUT2D eigenvalue weighted by Gasteiger charge is -2.04. The molecule has 15 heavy (non-hydrogen) atoms. The molecular formula is C9H13ClN2O2S. The van der Waals surface area contributed by atoms with E-state index in [0.717, 1.165) is 5.69 Å². The lowest BCUT2D eigenvalue weighted by Crippen LogP contribution is -2.32. The van der Waals surface area contributed by atoms with Crippen molar-refractivity contribution in [3.8, 4) is 0 Å². The maximum Gasteiger partial charge on any atom is 0.321 e. The van der Waals surface area contributed by atoms with Crippen LogP contribution < -0.4 is 5.73 Å². The number of rotatable bonds is 5. The van der Waals surface area contributed by atoms with Crippen LogP contribution in [0.1, 0.15) is 5.69 Å². The Kier molecular flexibility index (Phi) is 7.11. The number of pyridine rings is 1. The van der Waals surface area contributed by atoms with Gasteiger partial charge in [0, 0.05) is 17.7 Å². The van der Waals surface area contributed by atoms with Crippen LogP contribution in [0.5, 0.6) is 0 Å². The number of aromatic nitrogens is 1. The zero-order chi connectivity index (χ0) is 10.4. The summed E-state index contributed by atoms with van der Waals surface area (Å²) in [6, 6.07) is 4.86. The number of nitrogens with two attached hydrogens (primary N) is 1. The first-order valence-electron chi connectivity index (χ1n) is 4.16. The van der Waals surface area contributed by atoms with Gasteiger partial charge in [0.15, 0.2) is 0 Å². The van der Waals surface area contributed by atoms with Gasteiger partial charge < -0.3 is 10.8 Å². The fourth-order valence-electron chi connectivity index (χ4n) is 0.845. The van der Waals surface area contributed by atoms with Crippen molar-refractivity contribution in [1.29, 1.82) is 0 Å². The molecule has 0 radical (unpaired) electrons. The zero-order valence-electron chi connectivity index (χ0n) is 8.00. The van der Waals surface area contributed by atoms with E-state index in [0.29, 0.717) is 11.5 Å². The molecule has 1 atom stereocenters. The summed E-state index contributed by atoms with van der Waals surface area (Å²) in [5.74, 6) is 0.145. The van der Waals surface area contributed by atoms with E-state index in [9.17, 15) is 4.79 Å². The van der Waals surface area contributed by atoms with Gasteiger partial charge >= 0.3 is 5.97 Å². The highest BCUT2D eigenvalue weighted by atomic mass is 35.5. The molecule has 1 aromatic rings. The fraction of sp³-hybridized carbons (Fsp3) is 0.333. The van der Waals surface area contributed by atoms with E-state index in [1.165, 1.54) is 11.8 Å². The predicted octanol–water partition coefficient (Wildman–Crippen LogP) is 1.15. The maximum atomic E-state index is 10.4. The minimum atomic E-state index is -0.960. The summed E-state index contributed by atoms with van der Waals surface area (Å²) in [7, 11) is 0. The second-order valence-electron chi connectivity index (χ2n) is 2.78. The van der Waals surface area contributed by atoms with E-state index in [2.05, 4.69) is 4.98 Å². The molecule has 0 unspecified atom stereocenters. The quantitative estimate of drug-likeness (QED) is 0.818. The van der Waals surface area contributed by atoms with Crippen LogP contribution in [0.4, 0.5) is 0 Å². The molecule has 0 bridgehead atoms. The molecular weight excluding hydrogens is 236 g/mol. The number of hydrogen-bond donors (Lipinski definition) is 2. The summed E-state index contributed by atoms with van der Waals surface area (Å²) < 4.78 is 0. The van der Waals surface area contributed by atoms with Crippen molar-refractivity contribution in [2.75, 3.05) is 5.75 Å². The number of nitrogens with zero attached hydrogens (tertiary/aromatic N) is 1. The number of carbonyl (C=O) groups is 1. The predicted molar refractivity (Wildman–Crippen MR) is 63.3 cm³/mol. The second-order valence-corrected chi connectivity index (χ2v) is 3.81. The Morgan fingerprint density at radius 2 is 2.33 bits per heavy atom. The Morgan fingerprint density at radius 1 is 1.60 bits per heavy atom. The molecule has 84 valence electrons. The lowest BCUT2D eigenvalue weighted by molar-refractivity contribution is -0.137. The summed E-state index contributed by atoms with van der Waals surface area (Å²) in [6.45, 7) is 0. The van der Waals surface area contributed by atoms with Crippen molar-refractivity contribution in [2.24, 2.45) is 5.73 Å². The van der Waals surface area contributed by atoms with Gasteiger partial charge in [0.05, 0.1) is 5.69 Å². The Labute approximate surface area is 98.7 Å². The Balaban J connectivity index is 0.00000196. The summed E-state index contributed by atoms with van der Waals surface area (Å²) in [5, 5.41) is 8.53. The van der Waals surface area contributed by atoms with Crippen LogP contribution in [0.3, 0.4) is 0 Å². The second kappa shape index (κ2) is 7.50. The van der Waals surface area contributed by atoms with Gasteiger partial charge in [0.25, 0.3) is 0 Å².